The summed E-state index contributed by atoms with van der Waals surface area (Å²) in [5.74, 6) is 4.09. The molecule has 3 fully saturated rings. The predicted octanol–water partition coefficient (Wildman–Crippen LogP) is 2.58. The van der Waals surface area contributed by atoms with E-state index in [9.17, 15) is 0 Å². The van der Waals surface area contributed by atoms with Crippen LogP contribution in [0.4, 0.5) is 0 Å². The minimum Gasteiger partial charge on any atom is -0.317 e. The second-order valence-electron chi connectivity index (χ2n) is 6.22. The van der Waals surface area contributed by atoms with Gasteiger partial charge in [-0.3, -0.25) is 0 Å². The highest BCUT2D eigenvalue weighted by atomic mass is 32.2. The van der Waals surface area contributed by atoms with E-state index in [2.05, 4.69) is 20.1 Å². The van der Waals surface area contributed by atoms with Gasteiger partial charge in [-0.05, 0) is 57.5 Å². The molecule has 1 N–H and O–H groups in total. The van der Waals surface area contributed by atoms with Crippen LogP contribution in [0.5, 0.6) is 0 Å². The van der Waals surface area contributed by atoms with E-state index in [1.165, 1.54) is 68.3 Å². The number of hydrogen-bond acceptors (Lipinski definition) is 4. The van der Waals surface area contributed by atoms with Crippen LogP contribution in [0.15, 0.2) is 5.16 Å². The highest BCUT2D eigenvalue weighted by Crippen LogP contribution is 2.46. The van der Waals surface area contributed by atoms with Gasteiger partial charge >= 0.3 is 0 Å². The summed E-state index contributed by atoms with van der Waals surface area (Å²) < 4.78 is 2.48. The molecule has 1 aliphatic heterocycles. The largest absolute Gasteiger partial charge is 0.317 e. The lowest BCUT2D eigenvalue weighted by Gasteiger charge is -2.21. The Morgan fingerprint density at radius 2 is 1.84 bits per heavy atom. The topological polar surface area (TPSA) is 42.7 Å². The molecular formula is C14H22N4S. The Bertz CT molecular complexity index is 444. The molecule has 0 radical (unpaired) electrons. The zero-order chi connectivity index (χ0) is 12.7. The van der Waals surface area contributed by atoms with Gasteiger partial charge in [-0.2, -0.15) is 0 Å². The van der Waals surface area contributed by atoms with Crippen LogP contribution in [0.3, 0.4) is 0 Å². The molecule has 0 bridgehead atoms. The molecule has 2 heterocycles. The van der Waals surface area contributed by atoms with Gasteiger partial charge in [0.05, 0.1) is 0 Å². The average Bonchev–Trinajstić information content (AvgIpc) is 3.36. The summed E-state index contributed by atoms with van der Waals surface area (Å²) in [5, 5.41) is 13.6. The molecule has 1 aromatic rings. The molecule has 0 unspecified atom stereocenters. The van der Waals surface area contributed by atoms with Gasteiger partial charge in [0.2, 0.25) is 0 Å². The van der Waals surface area contributed by atoms with Crippen molar-refractivity contribution in [2.45, 2.75) is 55.6 Å². The predicted molar refractivity (Wildman–Crippen MR) is 76.6 cm³/mol. The third-order valence-corrected chi connectivity index (χ3v) is 5.63. The first-order chi connectivity index (χ1) is 9.42. The maximum atomic E-state index is 4.48. The highest BCUT2D eigenvalue weighted by Gasteiger charge is 2.36. The standard InChI is InChI=1S/C14H22N4S/c1-2-11(1)13-16-17-14(18(13)12-3-4-12)19-9-10-5-7-15-8-6-10/h10-12,15H,1-9H2. The number of rotatable bonds is 5. The van der Waals surface area contributed by atoms with Crippen molar-refractivity contribution in [3.63, 3.8) is 0 Å². The van der Waals surface area contributed by atoms with Crippen LogP contribution in [0.25, 0.3) is 0 Å². The Morgan fingerprint density at radius 3 is 2.53 bits per heavy atom. The van der Waals surface area contributed by atoms with Crippen molar-refractivity contribution in [1.82, 2.24) is 20.1 Å². The van der Waals surface area contributed by atoms with Gasteiger partial charge in [0.1, 0.15) is 5.82 Å². The summed E-state index contributed by atoms with van der Waals surface area (Å²) >= 11 is 1.95. The van der Waals surface area contributed by atoms with Crippen molar-refractivity contribution >= 4 is 11.8 Å². The summed E-state index contributed by atoms with van der Waals surface area (Å²) in [6.45, 7) is 2.38. The Kier molecular flexibility index (Phi) is 3.27. The van der Waals surface area contributed by atoms with Crippen LogP contribution >= 0.6 is 11.8 Å². The molecule has 2 aliphatic carbocycles. The van der Waals surface area contributed by atoms with Gasteiger partial charge in [-0.15, -0.1) is 10.2 Å². The third kappa shape index (κ3) is 2.68. The van der Waals surface area contributed by atoms with Crippen LogP contribution in [-0.4, -0.2) is 33.6 Å². The lowest BCUT2D eigenvalue weighted by molar-refractivity contribution is 0.407. The summed E-state index contributed by atoms with van der Waals surface area (Å²) in [6, 6.07) is 0.723. The molecule has 2 saturated carbocycles. The van der Waals surface area contributed by atoms with Crippen LogP contribution in [0.2, 0.25) is 0 Å². The molecule has 3 aliphatic rings. The number of piperidine rings is 1. The van der Waals surface area contributed by atoms with E-state index in [1.54, 1.807) is 0 Å². The molecular weight excluding hydrogens is 256 g/mol. The van der Waals surface area contributed by atoms with Crippen molar-refractivity contribution in [1.29, 1.82) is 0 Å². The van der Waals surface area contributed by atoms with Crippen molar-refractivity contribution < 1.29 is 0 Å². The maximum absolute atomic E-state index is 4.48. The molecule has 0 amide bonds. The van der Waals surface area contributed by atoms with Crippen molar-refractivity contribution in [3.05, 3.63) is 5.82 Å². The second kappa shape index (κ2) is 5.09. The first-order valence-electron chi connectivity index (χ1n) is 7.70. The molecule has 1 saturated heterocycles. The highest BCUT2D eigenvalue weighted by molar-refractivity contribution is 7.99. The number of hydrogen-bond donors (Lipinski definition) is 1. The van der Waals surface area contributed by atoms with E-state index >= 15 is 0 Å². The van der Waals surface area contributed by atoms with Crippen molar-refractivity contribution in [2.24, 2.45) is 5.92 Å². The fourth-order valence-electron chi connectivity index (χ4n) is 2.92. The zero-order valence-corrected chi connectivity index (χ0v) is 12.2. The molecule has 4 nitrogen and oxygen atoms in total. The zero-order valence-electron chi connectivity index (χ0n) is 11.3. The summed E-state index contributed by atoms with van der Waals surface area (Å²) in [4.78, 5) is 0. The smallest absolute Gasteiger partial charge is 0.191 e. The van der Waals surface area contributed by atoms with E-state index in [0.29, 0.717) is 0 Å². The first-order valence-corrected chi connectivity index (χ1v) is 8.68. The van der Waals surface area contributed by atoms with Crippen LogP contribution in [0, 0.1) is 5.92 Å². The van der Waals surface area contributed by atoms with E-state index in [1.807, 2.05) is 11.8 Å². The van der Waals surface area contributed by atoms with Gasteiger partial charge in [-0.25, -0.2) is 0 Å². The summed E-state index contributed by atoms with van der Waals surface area (Å²) in [5.41, 5.74) is 0. The quantitative estimate of drug-likeness (QED) is 0.841. The minimum absolute atomic E-state index is 0.723. The third-order valence-electron chi connectivity index (χ3n) is 4.45. The van der Waals surface area contributed by atoms with Gasteiger partial charge in [0, 0.05) is 17.7 Å². The fourth-order valence-corrected chi connectivity index (χ4v) is 4.12. The van der Waals surface area contributed by atoms with E-state index in [-0.39, 0.29) is 0 Å². The van der Waals surface area contributed by atoms with Gasteiger partial charge in [0.15, 0.2) is 5.16 Å². The van der Waals surface area contributed by atoms with E-state index in [0.717, 1.165) is 17.9 Å². The maximum Gasteiger partial charge on any atom is 0.191 e. The van der Waals surface area contributed by atoms with Crippen LogP contribution in [0.1, 0.15) is 56.3 Å². The molecule has 19 heavy (non-hydrogen) atoms. The molecule has 0 aromatic carbocycles. The van der Waals surface area contributed by atoms with Gasteiger partial charge < -0.3 is 9.88 Å². The Hall–Kier alpha value is -0.550. The Morgan fingerprint density at radius 1 is 1.05 bits per heavy atom. The molecule has 5 heteroatoms. The second-order valence-corrected chi connectivity index (χ2v) is 7.21. The number of nitrogens with zero attached hydrogens (tertiary/aromatic N) is 3. The van der Waals surface area contributed by atoms with Crippen molar-refractivity contribution in [3.8, 4) is 0 Å². The summed E-state index contributed by atoms with van der Waals surface area (Å²) in [7, 11) is 0. The fraction of sp³-hybridized carbons (Fsp3) is 0.857. The Balaban J connectivity index is 1.44. The minimum atomic E-state index is 0.723. The SMILES string of the molecule is C1CC(CSc2nnc(C3CC3)n2C2CC2)CCN1. The van der Waals surface area contributed by atoms with Crippen LogP contribution in [-0.2, 0) is 0 Å². The van der Waals surface area contributed by atoms with E-state index < -0.39 is 0 Å². The van der Waals surface area contributed by atoms with Crippen LogP contribution < -0.4 is 5.32 Å². The number of aromatic nitrogens is 3. The van der Waals surface area contributed by atoms with Gasteiger partial charge in [0.25, 0.3) is 0 Å². The monoisotopic (exact) mass is 278 g/mol. The molecule has 4 rings (SSSR count). The normalized spacial score (nSPS) is 24.8. The molecule has 0 spiro atoms. The van der Waals surface area contributed by atoms with Gasteiger partial charge in [-0.1, -0.05) is 11.8 Å². The summed E-state index contributed by atoms with van der Waals surface area (Å²) in [6.07, 6.45) is 7.95. The van der Waals surface area contributed by atoms with Crippen molar-refractivity contribution in [2.75, 3.05) is 18.8 Å². The Labute approximate surface area is 118 Å². The molecule has 1 aromatic heterocycles. The number of nitrogens with one attached hydrogen (secondary N) is 1. The first kappa shape index (κ1) is 12.2. The number of thioether (sulfide) groups is 1. The average molecular weight is 278 g/mol. The molecule has 104 valence electrons. The lowest BCUT2D eigenvalue weighted by Crippen LogP contribution is -2.28. The van der Waals surface area contributed by atoms with E-state index in [4.69, 9.17) is 0 Å². The lowest BCUT2D eigenvalue weighted by atomic mass is 10.0. The molecule has 0 atom stereocenters.